The number of H-pyrrole nitrogens is 1. The number of hydrogen-bond donors (Lipinski definition) is 2. The number of Topliss-reactive ketones (excluding diaryl/α,β-unsaturated/α-hetero) is 1. The Morgan fingerprint density at radius 1 is 1.23 bits per heavy atom. The second-order valence-electron chi connectivity index (χ2n) is 8.28. The largest absolute Gasteiger partial charge is 0.342 e. The van der Waals surface area contributed by atoms with Crippen LogP contribution in [-0.4, -0.2) is 16.0 Å². The van der Waals surface area contributed by atoms with Gasteiger partial charge in [0.25, 0.3) is 0 Å². The van der Waals surface area contributed by atoms with Crippen molar-refractivity contribution >= 4 is 17.3 Å². The number of carbonyl (C=O) groups excluding carboxylic acids is 1. The van der Waals surface area contributed by atoms with Crippen molar-refractivity contribution < 1.29 is 4.79 Å². The molecule has 5 nitrogen and oxygen atoms in total. The molecule has 1 aliphatic heterocycles. The Hall–Kier alpha value is -2.87. The van der Waals surface area contributed by atoms with E-state index in [-0.39, 0.29) is 11.2 Å². The number of aromatic nitrogens is 2. The molecule has 0 fully saturated rings. The maximum atomic E-state index is 13.2. The Kier molecular flexibility index (Phi) is 3.39. The topological polar surface area (TPSA) is 62.1 Å². The van der Waals surface area contributed by atoms with Gasteiger partial charge in [0.15, 0.2) is 17.3 Å². The molecule has 4 rings (SSSR count). The molecule has 26 heavy (non-hydrogen) atoms. The summed E-state index contributed by atoms with van der Waals surface area (Å²) in [5.74, 6) is 0.952. The van der Waals surface area contributed by atoms with Gasteiger partial charge in [-0.15, -0.1) is 0 Å². The van der Waals surface area contributed by atoms with Gasteiger partial charge >= 0.3 is 0 Å². The lowest BCUT2D eigenvalue weighted by Gasteiger charge is -2.43. The molecule has 132 valence electrons. The number of nitrogens with zero attached hydrogens (tertiary/aromatic N) is 2. The number of rotatable bonds is 1. The average Bonchev–Trinajstić information content (AvgIpc) is 2.94. The van der Waals surface area contributed by atoms with E-state index >= 15 is 0 Å². The fourth-order valence-corrected chi connectivity index (χ4v) is 4.58. The van der Waals surface area contributed by atoms with Crippen LogP contribution in [-0.2, 0) is 10.2 Å². The molecule has 0 spiro atoms. The first-order chi connectivity index (χ1) is 12.3. The van der Waals surface area contributed by atoms with Crippen molar-refractivity contribution in [3.8, 4) is 0 Å². The summed E-state index contributed by atoms with van der Waals surface area (Å²) in [6, 6.07) is 7.59. The van der Waals surface area contributed by atoms with Crippen molar-refractivity contribution in [1.29, 1.82) is 0 Å². The van der Waals surface area contributed by atoms with Crippen LogP contribution in [0, 0.1) is 18.9 Å². The lowest BCUT2D eigenvalue weighted by atomic mass is 9.61. The third kappa shape index (κ3) is 2.22. The molecule has 2 aliphatic rings. The van der Waals surface area contributed by atoms with Crippen molar-refractivity contribution in [2.75, 3.05) is 5.32 Å². The van der Waals surface area contributed by atoms with E-state index < -0.39 is 5.41 Å². The number of fused-ring (bicyclic) bond motifs is 1. The van der Waals surface area contributed by atoms with Crippen LogP contribution in [0.15, 0.2) is 35.5 Å². The Morgan fingerprint density at radius 3 is 2.73 bits per heavy atom. The Bertz CT molecular complexity index is 1010. The van der Waals surface area contributed by atoms with Crippen LogP contribution in [0.2, 0.25) is 0 Å². The summed E-state index contributed by atoms with van der Waals surface area (Å²) in [5, 5.41) is 10.9. The first-order valence-electron chi connectivity index (χ1n) is 8.83. The lowest BCUT2D eigenvalue weighted by Crippen LogP contribution is -2.42. The van der Waals surface area contributed by atoms with Gasteiger partial charge < -0.3 is 5.32 Å². The molecule has 1 aromatic carbocycles. The van der Waals surface area contributed by atoms with E-state index in [1.807, 2.05) is 25.1 Å². The van der Waals surface area contributed by atoms with Crippen molar-refractivity contribution in [1.82, 2.24) is 10.2 Å². The van der Waals surface area contributed by atoms with E-state index in [0.29, 0.717) is 12.1 Å². The maximum absolute atomic E-state index is 13.2. The molecule has 1 atom stereocenters. The van der Waals surface area contributed by atoms with Crippen LogP contribution in [0.5, 0.6) is 0 Å². The molecule has 2 N–H and O–H groups in total. The first kappa shape index (κ1) is 16.6. The van der Waals surface area contributed by atoms with E-state index in [4.69, 9.17) is 6.57 Å². The zero-order chi connectivity index (χ0) is 18.7. The number of anilines is 1. The molecular weight excluding hydrogens is 324 g/mol. The van der Waals surface area contributed by atoms with Crippen molar-refractivity contribution in [3.63, 3.8) is 0 Å². The van der Waals surface area contributed by atoms with Crippen molar-refractivity contribution in [3.05, 3.63) is 63.8 Å². The minimum Gasteiger partial charge on any atom is -0.342 e. The highest BCUT2D eigenvalue weighted by molar-refractivity contribution is 6.03. The van der Waals surface area contributed by atoms with E-state index in [1.165, 1.54) is 0 Å². The van der Waals surface area contributed by atoms with Crippen LogP contribution in [0.25, 0.3) is 4.85 Å². The van der Waals surface area contributed by atoms with Gasteiger partial charge in [-0.1, -0.05) is 38.1 Å². The second-order valence-corrected chi connectivity index (χ2v) is 8.28. The monoisotopic (exact) mass is 346 g/mol. The molecule has 1 aliphatic carbocycles. The summed E-state index contributed by atoms with van der Waals surface area (Å²) in [6.45, 7) is 15.7. The molecule has 5 heteroatoms. The minimum absolute atomic E-state index is 0.0783. The zero-order valence-corrected chi connectivity index (χ0v) is 15.5. The van der Waals surface area contributed by atoms with Gasteiger partial charge in [-0.25, -0.2) is 4.85 Å². The van der Waals surface area contributed by atoms with E-state index in [9.17, 15) is 4.79 Å². The van der Waals surface area contributed by atoms with Gasteiger partial charge in [-0.2, -0.15) is 5.10 Å². The van der Waals surface area contributed by atoms with Crippen LogP contribution < -0.4 is 5.32 Å². The fraction of sp³-hybridized carbons (Fsp3) is 0.381. The highest BCUT2D eigenvalue weighted by Gasteiger charge is 2.49. The van der Waals surface area contributed by atoms with Gasteiger partial charge in [0.2, 0.25) is 0 Å². The number of benzene rings is 1. The molecule has 1 aromatic heterocycles. The van der Waals surface area contributed by atoms with E-state index in [0.717, 1.165) is 40.3 Å². The Balaban J connectivity index is 2.03. The predicted octanol–water partition coefficient (Wildman–Crippen LogP) is 4.64. The SMILES string of the molecule is [C-]#[N+]c1cccc(C2(C)C3=C(CC(C)(C)CC3=O)Nc3n[nH]c(C)c32)c1. The predicted molar refractivity (Wildman–Crippen MR) is 101 cm³/mol. The highest BCUT2D eigenvalue weighted by Crippen LogP contribution is 2.53. The second kappa shape index (κ2) is 5.31. The molecule has 0 radical (unpaired) electrons. The highest BCUT2D eigenvalue weighted by atomic mass is 16.1. The van der Waals surface area contributed by atoms with Crippen LogP contribution in [0.1, 0.15) is 50.4 Å². The number of ketones is 1. The molecule has 0 bridgehead atoms. The Morgan fingerprint density at radius 2 is 2.00 bits per heavy atom. The first-order valence-corrected chi connectivity index (χ1v) is 8.83. The quantitative estimate of drug-likeness (QED) is 0.739. The smallest absolute Gasteiger partial charge is 0.187 e. The van der Waals surface area contributed by atoms with E-state index in [2.05, 4.69) is 41.1 Å². The van der Waals surface area contributed by atoms with Gasteiger partial charge in [0.05, 0.1) is 12.0 Å². The standard InChI is InChI=1S/C21H22N4O/c1-12-17-19(25-24-12)23-15-10-20(2,3)11-16(26)18(15)21(17,4)13-7-6-8-14(9-13)22-5/h6-9H,10-11H2,1-4H3,(H2,23,24,25). The van der Waals surface area contributed by atoms with Gasteiger partial charge in [0.1, 0.15) is 0 Å². The number of nitrogens with one attached hydrogen (secondary N) is 2. The van der Waals surface area contributed by atoms with E-state index in [1.54, 1.807) is 6.07 Å². The summed E-state index contributed by atoms with van der Waals surface area (Å²) in [7, 11) is 0. The lowest BCUT2D eigenvalue weighted by molar-refractivity contribution is -0.118. The molecule has 0 amide bonds. The van der Waals surface area contributed by atoms with Crippen molar-refractivity contribution in [2.24, 2.45) is 5.41 Å². The molecule has 2 heterocycles. The normalized spacial score (nSPS) is 23.7. The summed E-state index contributed by atoms with van der Waals surface area (Å²) in [6.07, 6.45) is 1.33. The van der Waals surface area contributed by atoms with Gasteiger partial charge in [-0.3, -0.25) is 9.89 Å². The van der Waals surface area contributed by atoms with Crippen LogP contribution in [0.3, 0.4) is 0 Å². The average molecular weight is 346 g/mol. The zero-order valence-electron chi connectivity index (χ0n) is 15.5. The number of carbonyl (C=O) groups is 1. The number of allylic oxidation sites excluding steroid dienone is 2. The number of aryl methyl sites for hydroxylation is 1. The molecule has 0 saturated carbocycles. The minimum atomic E-state index is -0.624. The summed E-state index contributed by atoms with van der Waals surface area (Å²) in [4.78, 5) is 16.8. The maximum Gasteiger partial charge on any atom is 0.187 e. The van der Waals surface area contributed by atoms with Crippen molar-refractivity contribution in [2.45, 2.75) is 46.0 Å². The summed E-state index contributed by atoms with van der Waals surface area (Å²) >= 11 is 0. The number of hydrogen-bond acceptors (Lipinski definition) is 3. The van der Waals surface area contributed by atoms with Crippen LogP contribution in [0.4, 0.5) is 11.5 Å². The molecule has 0 saturated heterocycles. The fourth-order valence-electron chi connectivity index (χ4n) is 4.58. The molecular formula is C21H22N4O. The number of aromatic amines is 1. The van der Waals surface area contributed by atoms with Gasteiger partial charge in [-0.05, 0) is 31.2 Å². The van der Waals surface area contributed by atoms with Gasteiger partial charge in [0, 0.05) is 28.9 Å². The Labute approximate surface area is 153 Å². The third-order valence-electron chi connectivity index (χ3n) is 5.64. The van der Waals surface area contributed by atoms with Crippen LogP contribution >= 0.6 is 0 Å². The molecule has 1 unspecified atom stereocenters. The molecule has 2 aromatic rings. The summed E-state index contributed by atoms with van der Waals surface area (Å²) in [5.41, 5.74) is 4.54. The third-order valence-corrected chi connectivity index (χ3v) is 5.64. The summed E-state index contributed by atoms with van der Waals surface area (Å²) < 4.78 is 0.